The van der Waals surface area contributed by atoms with E-state index in [9.17, 15) is 5.11 Å². The molecule has 0 aromatic heterocycles. The van der Waals surface area contributed by atoms with Crippen LogP contribution in [-0.4, -0.2) is 11.2 Å². The summed E-state index contributed by atoms with van der Waals surface area (Å²) in [6, 6.07) is 0. The summed E-state index contributed by atoms with van der Waals surface area (Å²) in [4.78, 5) is 0. The van der Waals surface area contributed by atoms with Crippen LogP contribution < -0.4 is 0 Å². The first-order valence-corrected chi connectivity index (χ1v) is 8.14. The third-order valence-corrected chi connectivity index (χ3v) is 3.44. The molecule has 0 aliphatic carbocycles. The van der Waals surface area contributed by atoms with Crippen LogP contribution in [0.25, 0.3) is 0 Å². The molecule has 0 rings (SSSR count). The fourth-order valence-corrected chi connectivity index (χ4v) is 2.16. The fourth-order valence-electron chi connectivity index (χ4n) is 2.16. The van der Waals surface area contributed by atoms with Gasteiger partial charge in [0, 0.05) is 0 Å². The van der Waals surface area contributed by atoms with E-state index in [1.807, 2.05) is 0 Å². The maximum Gasteiger partial charge on any atom is 0.0574 e. The summed E-state index contributed by atoms with van der Waals surface area (Å²) in [5.41, 5.74) is 0. The highest BCUT2D eigenvalue weighted by atomic mass is 16.3. The Morgan fingerprint density at radius 2 is 1.39 bits per heavy atom. The lowest BCUT2D eigenvalue weighted by Gasteiger charge is -2.06. The van der Waals surface area contributed by atoms with E-state index in [0.717, 1.165) is 12.8 Å². The molecule has 0 aromatic carbocycles. The van der Waals surface area contributed by atoms with E-state index in [1.165, 1.54) is 64.2 Å². The van der Waals surface area contributed by atoms with Crippen LogP contribution in [0.15, 0.2) is 12.2 Å². The summed E-state index contributed by atoms with van der Waals surface area (Å²) in [5, 5.41) is 9.72. The van der Waals surface area contributed by atoms with E-state index >= 15 is 0 Å². The lowest BCUT2D eigenvalue weighted by molar-refractivity contribution is 0.164. The van der Waals surface area contributed by atoms with Crippen molar-refractivity contribution in [1.29, 1.82) is 0 Å². The van der Waals surface area contributed by atoms with Gasteiger partial charge in [-0.25, -0.2) is 0 Å². The molecule has 108 valence electrons. The van der Waals surface area contributed by atoms with Crippen LogP contribution in [0.5, 0.6) is 0 Å². The molecule has 0 aromatic rings. The molecule has 0 spiro atoms. The van der Waals surface area contributed by atoms with Gasteiger partial charge in [0.1, 0.15) is 0 Å². The minimum atomic E-state index is -0.114. The van der Waals surface area contributed by atoms with Crippen LogP contribution in [0.1, 0.15) is 90.9 Å². The average Bonchev–Trinajstić information content (AvgIpc) is 2.37. The van der Waals surface area contributed by atoms with Crippen LogP contribution >= 0.6 is 0 Å². The van der Waals surface area contributed by atoms with E-state index in [4.69, 9.17) is 0 Å². The van der Waals surface area contributed by atoms with Crippen molar-refractivity contribution in [3.63, 3.8) is 0 Å². The van der Waals surface area contributed by atoms with Crippen LogP contribution in [0.3, 0.4) is 0 Å². The summed E-state index contributed by atoms with van der Waals surface area (Å²) < 4.78 is 0. The zero-order valence-electron chi connectivity index (χ0n) is 12.7. The van der Waals surface area contributed by atoms with Crippen molar-refractivity contribution in [2.24, 2.45) is 0 Å². The monoisotopic (exact) mass is 254 g/mol. The average molecular weight is 254 g/mol. The molecule has 1 nitrogen and oxygen atoms in total. The number of unbranched alkanes of at least 4 members (excludes halogenated alkanes) is 8. The van der Waals surface area contributed by atoms with Crippen molar-refractivity contribution in [2.45, 2.75) is 97.0 Å². The molecular formula is C17H34O. The highest BCUT2D eigenvalue weighted by Gasteiger charge is 1.99. The van der Waals surface area contributed by atoms with Crippen LogP contribution in [0, 0.1) is 0 Å². The predicted octanol–water partition coefficient (Wildman–Crippen LogP) is 5.62. The second kappa shape index (κ2) is 14.8. The van der Waals surface area contributed by atoms with Crippen molar-refractivity contribution in [3.05, 3.63) is 12.2 Å². The van der Waals surface area contributed by atoms with E-state index in [0.29, 0.717) is 0 Å². The first-order chi connectivity index (χ1) is 8.81. The van der Waals surface area contributed by atoms with Gasteiger partial charge in [0.25, 0.3) is 0 Å². The van der Waals surface area contributed by atoms with Gasteiger partial charge in [-0.05, 0) is 25.7 Å². The normalized spacial score (nSPS) is 13.3. The smallest absolute Gasteiger partial charge is 0.0574 e. The quantitative estimate of drug-likeness (QED) is 0.334. The molecular weight excluding hydrogens is 220 g/mol. The minimum Gasteiger partial charge on any atom is -0.393 e. The number of hydrogen-bond donors (Lipinski definition) is 1. The van der Waals surface area contributed by atoms with Crippen molar-refractivity contribution >= 4 is 0 Å². The topological polar surface area (TPSA) is 20.2 Å². The van der Waals surface area contributed by atoms with Crippen LogP contribution in [-0.2, 0) is 0 Å². The van der Waals surface area contributed by atoms with Crippen molar-refractivity contribution in [3.8, 4) is 0 Å². The molecule has 0 heterocycles. The molecule has 1 atom stereocenters. The molecule has 0 amide bonds. The van der Waals surface area contributed by atoms with Gasteiger partial charge in [-0.15, -0.1) is 0 Å². The predicted molar refractivity (Wildman–Crippen MR) is 81.9 cm³/mol. The largest absolute Gasteiger partial charge is 0.393 e. The fraction of sp³-hybridized carbons (Fsp3) is 0.882. The van der Waals surface area contributed by atoms with Crippen LogP contribution in [0.2, 0.25) is 0 Å². The molecule has 18 heavy (non-hydrogen) atoms. The Bertz CT molecular complexity index is 174. The zero-order chi connectivity index (χ0) is 13.5. The molecule has 1 N–H and O–H groups in total. The lowest BCUT2D eigenvalue weighted by atomic mass is 10.1. The summed E-state index contributed by atoms with van der Waals surface area (Å²) >= 11 is 0. The Labute approximate surface area is 115 Å². The van der Waals surface area contributed by atoms with Gasteiger partial charge in [0.15, 0.2) is 0 Å². The SMILES string of the molecule is CCCCCCCCC=CCC(O)CCCCC. The molecule has 0 saturated carbocycles. The summed E-state index contributed by atoms with van der Waals surface area (Å²) in [7, 11) is 0. The second-order valence-corrected chi connectivity index (χ2v) is 5.41. The molecule has 0 fully saturated rings. The number of aliphatic hydroxyl groups is 1. The van der Waals surface area contributed by atoms with E-state index < -0.39 is 0 Å². The zero-order valence-corrected chi connectivity index (χ0v) is 12.7. The molecule has 1 unspecified atom stereocenters. The van der Waals surface area contributed by atoms with Gasteiger partial charge in [-0.1, -0.05) is 77.4 Å². The highest BCUT2D eigenvalue weighted by Crippen LogP contribution is 2.09. The van der Waals surface area contributed by atoms with Gasteiger partial charge in [-0.2, -0.15) is 0 Å². The number of allylic oxidation sites excluding steroid dienone is 1. The number of aliphatic hydroxyl groups excluding tert-OH is 1. The molecule has 0 aliphatic heterocycles. The Morgan fingerprint density at radius 1 is 0.778 bits per heavy atom. The Kier molecular flexibility index (Phi) is 14.5. The summed E-state index contributed by atoms with van der Waals surface area (Å²) in [6.45, 7) is 4.46. The maximum absolute atomic E-state index is 9.72. The van der Waals surface area contributed by atoms with Crippen molar-refractivity contribution < 1.29 is 5.11 Å². The van der Waals surface area contributed by atoms with Gasteiger partial charge < -0.3 is 5.11 Å². The van der Waals surface area contributed by atoms with E-state index in [2.05, 4.69) is 26.0 Å². The van der Waals surface area contributed by atoms with Gasteiger partial charge in [0.05, 0.1) is 6.10 Å². The summed E-state index contributed by atoms with van der Waals surface area (Å²) in [5.74, 6) is 0. The molecule has 0 bridgehead atoms. The Morgan fingerprint density at radius 3 is 2.11 bits per heavy atom. The van der Waals surface area contributed by atoms with Gasteiger partial charge >= 0.3 is 0 Å². The third-order valence-electron chi connectivity index (χ3n) is 3.44. The Balaban J connectivity index is 3.21. The second-order valence-electron chi connectivity index (χ2n) is 5.41. The van der Waals surface area contributed by atoms with E-state index in [-0.39, 0.29) is 6.10 Å². The van der Waals surface area contributed by atoms with E-state index in [1.54, 1.807) is 0 Å². The third kappa shape index (κ3) is 13.8. The first kappa shape index (κ1) is 17.7. The van der Waals surface area contributed by atoms with Crippen molar-refractivity contribution in [2.75, 3.05) is 0 Å². The Hall–Kier alpha value is -0.300. The van der Waals surface area contributed by atoms with Gasteiger partial charge in [0.2, 0.25) is 0 Å². The highest BCUT2D eigenvalue weighted by molar-refractivity contribution is 4.83. The summed E-state index contributed by atoms with van der Waals surface area (Å²) in [6.07, 6.45) is 19.1. The van der Waals surface area contributed by atoms with Crippen LogP contribution in [0.4, 0.5) is 0 Å². The molecule has 0 aliphatic rings. The van der Waals surface area contributed by atoms with Gasteiger partial charge in [-0.3, -0.25) is 0 Å². The lowest BCUT2D eigenvalue weighted by Crippen LogP contribution is -2.04. The maximum atomic E-state index is 9.72. The first-order valence-electron chi connectivity index (χ1n) is 8.14. The van der Waals surface area contributed by atoms with Crippen molar-refractivity contribution in [1.82, 2.24) is 0 Å². The molecule has 0 radical (unpaired) electrons. The molecule has 0 saturated heterocycles. The molecule has 1 heteroatoms. The standard InChI is InChI=1S/C17H34O/c1-3-5-7-8-9-10-11-12-14-16-17(18)15-13-6-4-2/h12,14,17-18H,3-11,13,15-16H2,1-2H3. The number of hydrogen-bond acceptors (Lipinski definition) is 1. The minimum absolute atomic E-state index is 0.114. The number of rotatable bonds is 13.